The Morgan fingerprint density at radius 2 is 2.28 bits per heavy atom. The first-order valence-corrected chi connectivity index (χ1v) is 6.74. The van der Waals surface area contributed by atoms with Crippen molar-refractivity contribution in [2.75, 3.05) is 11.9 Å². The molecule has 0 radical (unpaired) electrons. The number of nitrogens with zero attached hydrogens (tertiary/aromatic N) is 1. The summed E-state index contributed by atoms with van der Waals surface area (Å²) >= 11 is 5.91. The number of pyridine rings is 1. The lowest BCUT2D eigenvalue weighted by Crippen LogP contribution is -2.27. The summed E-state index contributed by atoms with van der Waals surface area (Å²) in [5.41, 5.74) is 0.563. The fourth-order valence-electron chi connectivity index (χ4n) is 2.03. The zero-order valence-corrected chi connectivity index (χ0v) is 11.4. The topological polar surface area (TPSA) is 54.0 Å². The van der Waals surface area contributed by atoms with Gasteiger partial charge < -0.3 is 10.6 Å². The van der Waals surface area contributed by atoms with E-state index in [2.05, 4.69) is 22.5 Å². The summed E-state index contributed by atoms with van der Waals surface area (Å²) in [6.07, 6.45) is 2.20. The van der Waals surface area contributed by atoms with Crippen LogP contribution in [0.3, 0.4) is 0 Å². The Morgan fingerprint density at radius 1 is 1.50 bits per heavy atom. The molecule has 1 aliphatic rings. The van der Waals surface area contributed by atoms with Crippen LogP contribution in [0.15, 0.2) is 12.1 Å². The van der Waals surface area contributed by atoms with E-state index in [1.165, 1.54) is 0 Å². The smallest absolute Gasteiger partial charge is 0.251 e. The number of rotatable bonds is 5. The molecule has 2 rings (SSSR count). The number of nitrogens with one attached hydrogen (secondary N) is 2. The SMILES string of the molecule is CCNc1cc(C(=O)NC2CC2CC)cc(Cl)n1. The third kappa shape index (κ3) is 3.13. The molecule has 0 saturated heterocycles. The van der Waals surface area contributed by atoms with Crippen molar-refractivity contribution in [3.8, 4) is 0 Å². The highest BCUT2D eigenvalue weighted by atomic mass is 35.5. The molecule has 1 fully saturated rings. The van der Waals surface area contributed by atoms with Crippen molar-refractivity contribution in [2.45, 2.75) is 32.7 Å². The minimum atomic E-state index is -0.0700. The van der Waals surface area contributed by atoms with Crippen molar-refractivity contribution in [1.82, 2.24) is 10.3 Å². The molecule has 2 unspecified atom stereocenters. The van der Waals surface area contributed by atoms with Gasteiger partial charge in [0.05, 0.1) is 0 Å². The first-order valence-electron chi connectivity index (χ1n) is 6.36. The van der Waals surface area contributed by atoms with Gasteiger partial charge in [-0.15, -0.1) is 0 Å². The average molecular weight is 268 g/mol. The number of amides is 1. The van der Waals surface area contributed by atoms with Gasteiger partial charge in [0.15, 0.2) is 0 Å². The summed E-state index contributed by atoms with van der Waals surface area (Å²) in [7, 11) is 0. The van der Waals surface area contributed by atoms with Crippen molar-refractivity contribution >= 4 is 23.3 Å². The monoisotopic (exact) mass is 267 g/mol. The number of aromatic nitrogens is 1. The van der Waals surface area contributed by atoms with Gasteiger partial charge in [0.25, 0.3) is 5.91 Å². The summed E-state index contributed by atoms with van der Waals surface area (Å²) in [4.78, 5) is 16.1. The second-order valence-electron chi connectivity index (χ2n) is 4.58. The highest BCUT2D eigenvalue weighted by Crippen LogP contribution is 2.33. The largest absolute Gasteiger partial charge is 0.370 e. The Bertz CT molecular complexity index is 450. The Balaban J connectivity index is 2.05. The van der Waals surface area contributed by atoms with E-state index in [0.29, 0.717) is 28.5 Å². The van der Waals surface area contributed by atoms with Gasteiger partial charge in [0.2, 0.25) is 0 Å². The third-order valence-corrected chi connectivity index (χ3v) is 3.37. The lowest BCUT2D eigenvalue weighted by atomic mass is 10.2. The van der Waals surface area contributed by atoms with Crippen molar-refractivity contribution in [2.24, 2.45) is 5.92 Å². The van der Waals surface area contributed by atoms with Crippen molar-refractivity contribution < 1.29 is 4.79 Å². The van der Waals surface area contributed by atoms with Crippen LogP contribution < -0.4 is 10.6 Å². The van der Waals surface area contributed by atoms with Gasteiger partial charge in [0, 0.05) is 18.2 Å². The van der Waals surface area contributed by atoms with Gasteiger partial charge in [0.1, 0.15) is 11.0 Å². The molecule has 1 saturated carbocycles. The van der Waals surface area contributed by atoms with E-state index in [-0.39, 0.29) is 5.91 Å². The van der Waals surface area contributed by atoms with E-state index in [4.69, 9.17) is 11.6 Å². The maximum atomic E-state index is 12.0. The predicted molar refractivity (Wildman–Crippen MR) is 73.1 cm³/mol. The standard InChI is InChI=1S/C13H18ClN3O/c1-3-8-5-10(8)16-13(18)9-6-11(14)17-12(7-9)15-4-2/h6-8,10H,3-5H2,1-2H3,(H,15,17)(H,16,18). The summed E-state index contributed by atoms with van der Waals surface area (Å²) in [5.74, 6) is 1.21. The molecule has 2 atom stereocenters. The van der Waals surface area contributed by atoms with E-state index in [9.17, 15) is 4.79 Å². The normalized spacial score (nSPS) is 21.5. The molecule has 1 aromatic rings. The van der Waals surface area contributed by atoms with Crippen LogP contribution in [-0.2, 0) is 0 Å². The number of carbonyl (C=O) groups excluding carboxylic acids is 1. The van der Waals surface area contributed by atoms with Gasteiger partial charge in [-0.2, -0.15) is 0 Å². The molecule has 18 heavy (non-hydrogen) atoms. The molecule has 4 nitrogen and oxygen atoms in total. The molecule has 0 bridgehead atoms. The van der Waals surface area contributed by atoms with E-state index in [1.807, 2.05) is 6.92 Å². The summed E-state index contributed by atoms with van der Waals surface area (Å²) in [6.45, 7) is 4.86. The minimum absolute atomic E-state index is 0.0700. The van der Waals surface area contributed by atoms with Crippen LogP contribution >= 0.6 is 11.6 Å². The van der Waals surface area contributed by atoms with Crippen LogP contribution in [-0.4, -0.2) is 23.5 Å². The molecule has 98 valence electrons. The molecule has 0 aromatic carbocycles. The zero-order chi connectivity index (χ0) is 13.1. The Morgan fingerprint density at radius 3 is 2.89 bits per heavy atom. The molecule has 1 aromatic heterocycles. The Kier molecular flexibility index (Phi) is 4.07. The molecular weight excluding hydrogens is 250 g/mol. The summed E-state index contributed by atoms with van der Waals surface area (Å²) < 4.78 is 0. The number of halogens is 1. The van der Waals surface area contributed by atoms with E-state index in [0.717, 1.165) is 19.4 Å². The quantitative estimate of drug-likeness (QED) is 0.807. The summed E-state index contributed by atoms with van der Waals surface area (Å²) in [6, 6.07) is 3.66. The molecule has 5 heteroatoms. The number of hydrogen-bond acceptors (Lipinski definition) is 3. The predicted octanol–water partition coefficient (Wildman–Crippen LogP) is 2.70. The second kappa shape index (κ2) is 5.57. The van der Waals surface area contributed by atoms with Crippen LogP contribution in [0.25, 0.3) is 0 Å². The zero-order valence-electron chi connectivity index (χ0n) is 10.7. The maximum Gasteiger partial charge on any atom is 0.251 e. The van der Waals surface area contributed by atoms with Gasteiger partial charge >= 0.3 is 0 Å². The van der Waals surface area contributed by atoms with Gasteiger partial charge in [-0.05, 0) is 31.4 Å². The molecule has 1 aliphatic carbocycles. The number of anilines is 1. The molecule has 0 aliphatic heterocycles. The molecule has 0 spiro atoms. The molecular formula is C13H18ClN3O. The fourth-order valence-corrected chi connectivity index (χ4v) is 2.24. The summed E-state index contributed by atoms with van der Waals surface area (Å²) in [5, 5.41) is 6.41. The fraction of sp³-hybridized carbons (Fsp3) is 0.538. The number of carbonyl (C=O) groups is 1. The highest BCUT2D eigenvalue weighted by molar-refractivity contribution is 6.29. The van der Waals surface area contributed by atoms with Crippen LogP contribution in [0.5, 0.6) is 0 Å². The van der Waals surface area contributed by atoms with E-state index >= 15 is 0 Å². The number of hydrogen-bond donors (Lipinski definition) is 2. The third-order valence-electron chi connectivity index (χ3n) is 3.18. The van der Waals surface area contributed by atoms with E-state index < -0.39 is 0 Å². The van der Waals surface area contributed by atoms with Gasteiger partial charge in [-0.25, -0.2) is 4.98 Å². The maximum absolute atomic E-state index is 12.0. The van der Waals surface area contributed by atoms with Crippen molar-refractivity contribution in [3.05, 3.63) is 22.8 Å². The van der Waals surface area contributed by atoms with E-state index in [1.54, 1.807) is 12.1 Å². The molecule has 1 amide bonds. The van der Waals surface area contributed by atoms with Crippen molar-refractivity contribution in [3.63, 3.8) is 0 Å². The molecule has 2 N–H and O–H groups in total. The lowest BCUT2D eigenvalue weighted by molar-refractivity contribution is 0.0949. The van der Waals surface area contributed by atoms with Crippen LogP contribution in [0.1, 0.15) is 37.0 Å². The Hall–Kier alpha value is -1.29. The second-order valence-corrected chi connectivity index (χ2v) is 4.97. The molecule has 1 heterocycles. The van der Waals surface area contributed by atoms with Crippen LogP contribution in [0.2, 0.25) is 5.15 Å². The first kappa shape index (κ1) is 13.1. The average Bonchev–Trinajstić information content (AvgIpc) is 3.07. The highest BCUT2D eigenvalue weighted by Gasteiger charge is 2.36. The Labute approximate surface area is 112 Å². The van der Waals surface area contributed by atoms with Gasteiger partial charge in [-0.1, -0.05) is 24.9 Å². The van der Waals surface area contributed by atoms with Crippen LogP contribution in [0, 0.1) is 5.92 Å². The van der Waals surface area contributed by atoms with Gasteiger partial charge in [-0.3, -0.25) is 4.79 Å². The van der Waals surface area contributed by atoms with Crippen LogP contribution in [0.4, 0.5) is 5.82 Å². The lowest BCUT2D eigenvalue weighted by Gasteiger charge is -2.07. The first-order chi connectivity index (χ1) is 8.63. The minimum Gasteiger partial charge on any atom is -0.370 e. The van der Waals surface area contributed by atoms with Crippen molar-refractivity contribution in [1.29, 1.82) is 0 Å².